The lowest BCUT2D eigenvalue weighted by atomic mass is 9.86. The molecule has 6 heteroatoms. The number of thiocarbonyl (C=S) groups is 1. The minimum absolute atomic E-state index is 0.0288. The molecule has 0 heterocycles. The average Bonchev–Trinajstić information content (AvgIpc) is 3.21. The molecule has 2 aliphatic rings. The highest BCUT2D eigenvalue weighted by Gasteiger charge is 2.40. The fourth-order valence-corrected chi connectivity index (χ4v) is 4.14. The van der Waals surface area contributed by atoms with Gasteiger partial charge in [0.15, 0.2) is 5.11 Å². The van der Waals surface area contributed by atoms with Crippen molar-refractivity contribution in [2.45, 2.75) is 38.6 Å². The van der Waals surface area contributed by atoms with Crippen molar-refractivity contribution < 1.29 is 9.53 Å². The minimum atomic E-state index is 0.0288. The Labute approximate surface area is 148 Å². The maximum absolute atomic E-state index is 12.0. The number of ether oxygens (including phenoxy) is 1. The number of hydrazine groups is 1. The number of benzene rings is 1. The summed E-state index contributed by atoms with van der Waals surface area (Å²) in [6, 6.07) is 7.76. The Bertz CT molecular complexity index is 590. The van der Waals surface area contributed by atoms with Crippen LogP contribution in [0.3, 0.4) is 0 Å². The topological polar surface area (TPSA) is 62.4 Å². The van der Waals surface area contributed by atoms with E-state index >= 15 is 0 Å². The highest BCUT2D eigenvalue weighted by molar-refractivity contribution is 7.80. The number of rotatable bonds is 5. The lowest BCUT2D eigenvalue weighted by Crippen LogP contribution is -2.47. The number of amides is 1. The minimum Gasteiger partial charge on any atom is -0.497 e. The second kappa shape index (κ2) is 7.83. The molecule has 2 saturated carbocycles. The van der Waals surface area contributed by atoms with E-state index in [0.29, 0.717) is 24.0 Å². The zero-order valence-electron chi connectivity index (χ0n) is 14.0. The van der Waals surface area contributed by atoms with E-state index in [2.05, 4.69) is 16.2 Å². The summed E-state index contributed by atoms with van der Waals surface area (Å²) < 4.78 is 5.13. The number of methoxy groups -OCH3 is 1. The summed E-state index contributed by atoms with van der Waals surface area (Å²) in [7, 11) is 1.64. The fraction of sp³-hybridized carbons (Fsp3) is 0.556. The van der Waals surface area contributed by atoms with E-state index in [9.17, 15) is 4.79 Å². The zero-order valence-corrected chi connectivity index (χ0v) is 14.8. The molecule has 2 bridgehead atoms. The molecular formula is C18H25N3O2S. The third kappa shape index (κ3) is 4.38. The molecule has 3 rings (SSSR count). The number of fused-ring (bicyclic) bond motifs is 2. The van der Waals surface area contributed by atoms with Gasteiger partial charge in [0.2, 0.25) is 5.91 Å². The van der Waals surface area contributed by atoms with Crippen molar-refractivity contribution in [3.63, 3.8) is 0 Å². The summed E-state index contributed by atoms with van der Waals surface area (Å²) in [6.07, 6.45) is 5.82. The third-order valence-corrected chi connectivity index (χ3v) is 5.51. The van der Waals surface area contributed by atoms with Gasteiger partial charge in [0, 0.05) is 13.0 Å². The predicted octanol–water partition coefficient (Wildman–Crippen LogP) is 2.52. The summed E-state index contributed by atoms with van der Waals surface area (Å²) in [6.45, 7) is 0.595. The third-order valence-electron chi connectivity index (χ3n) is 5.26. The van der Waals surface area contributed by atoms with Crippen LogP contribution in [0.15, 0.2) is 24.3 Å². The largest absolute Gasteiger partial charge is 0.497 e. The van der Waals surface area contributed by atoms with Gasteiger partial charge in [-0.05, 0) is 66.9 Å². The average molecular weight is 347 g/mol. The standard InChI is InChI=1S/C18H25N3O2S/c1-23-16-6-3-12(4-7-16)11-19-18(24)21-20-17(22)10-15-9-13-2-5-14(15)8-13/h3-4,6-7,13-15H,2,5,8-11H2,1H3,(H,20,22)(H2,19,21,24)/t13-,14-,15-/m1/s1. The van der Waals surface area contributed by atoms with Gasteiger partial charge in [0.25, 0.3) is 0 Å². The quantitative estimate of drug-likeness (QED) is 0.564. The van der Waals surface area contributed by atoms with Crippen LogP contribution in [0.4, 0.5) is 0 Å². The number of carbonyl (C=O) groups excluding carboxylic acids is 1. The Morgan fingerprint density at radius 1 is 1.21 bits per heavy atom. The Morgan fingerprint density at radius 2 is 2.00 bits per heavy atom. The van der Waals surface area contributed by atoms with Crippen molar-refractivity contribution in [3.05, 3.63) is 29.8 Å². The summed E-state index contributed by atoms with van der Waals surface area (Å²) >= 11 is 5.19. The fourth-order valence-electron chi connectivity index (χ4n) is 4.01. The van der Waals surface area contributed by atoms with Gasteiger partial charge in [-0.25, -0.2) is 0 Å². The van der Waals surface area contributed by atoms with Gasteiger partial charge in [-0.2, -0.15) is 0 Å². The van der Waals surface area contributed by atoms with Gasteiger partial charge in [0.05, 0.1) is 7.11 Å². The van der Waals surface area contributed by atoms with Crippen LogP contribution in [0.1, 0.15) is 37.7 Å². The summed E-state index contributed by atoms with van der Waals surface area (Å²) in [5.74, 6) is 3.05. The highest BCUT2D eigenvalue weighted by Crippen LogP contribution is 2.49. The Hall–Kier alpha value is -1.82. The van der Waals surface area contributed by atoms with Gasteiger partial charge in [-0.15, -0.1) is 0 Å². The number of nitrogens with one attached hydrogen (secondary N) is 3. The van der Waals surface area contributed by atoms with Crippen LogP contribution in [0, 0.1) is 17.8 Å². The molecule has 2 aliphatic carbocycles. The van der Waals surface area contributed by atoms with Gasteiger partial charge in [0.1, 0.15) is 5.75 Å². The van der Waals surface area contributed by atoms with Crippen molar-refractivity contribution in [3.8, 4) is 5.75 Å². The second-order valence-electron chi connectivity index (χ2n) is 6.84. The van der Waals surface area contributed by atoms with Gasteiger partial charge < -0.3 is 10.1 Å². The zero-order chi connectivity index (χ0) is 16.9. The SMILES string of the molecule is COc1ccc(CNC(=S)NNC(=O)C[C@H]2C[C@@H]3CC[C@@H]2C3)cc1. The molecule has 24 heavy (non-hydrogen) atoms. The number of hydrogen-bond acceptors (Lipinski definition) is 3. The molecule has 0 saturated heterocycles. The first kappa shape index (κ1) is 17.0. The van der Waals surface area contributed by atoms with E-state index < -0.39 is 0 Å². The Morgan fingerprint density at radius 3 is 2.62 bits per heavy atom. The normalized spacial score (nSPS) is 24.5. The maximum Gasteiger partial charge on any atom is 0.238 e. The van der Waals surface area contributed by atoms with Gasteiger partial charge in [-0.3, -0.25) is 15.6 Å². The predicted molar refractivity (Wildman–Crippen MR) is 97.3 cm³/mol. The van der Waals surface area contributed by atoms with Crippen LogP contribution in [0.25, 0.3) is 0 Å². The molecule has 3 atom stereocenters. The first-order valence-electron chi connectivity index (χ1n) is 8.59. The molecule has 1 aromatic rings. The molecule has 1 amide bonds. The van der Waals surface area contributed by atoms with Crippen molar-refractivity contribution in [2.75, 3.05) is 7.11 Å². The van der Waals surface area contributed by atoms with Gasteiger partial charge >= 0.3 is 0 Å². The maximum atomic E-state index is 12.0. The summed E-state index contributed by atoms with van der Waals surface area (Å²) in [5, 5.41) is 3.50. The number of carbonyl (C=O) groups is 1. The second-order valence-corrected chi connectivity index (χ2v) is 7.25. The smallest absolute Gasteiger partial charge is 0.238 e. The van der Waals surface area contributed by atoms with Crippen molar-refractivity contribution >= 4 is 23.2 Å². The van der Waals surface area contributed by atoms with Crippen LogP contribution in [0.5, 0.6) is 5.75 Å². The molecule has 1 aromatic carbocycles. The van der Waals surface area contributed by atoms with Crippen LogP contribution in [-0.2, 0) is 11.3 Å². The molecule has 0 unspecified atom stereocenters. The van der Waals surface area contributed by atoms with E-state index in [-0.39, 0.29) is 5.91 Å². The molecule has 5 nitrogen and oxygen atoms in total. The Kier molecular flexibility index (Phi) is 5.56. The molecule has 3 N–H and O–H groups in total. The van der Waals surface area contributed by atoms with Gasteiger partial charge in [-0.1, -0.05) is 18.6 Å². The molecule has 0 aliphatic heterocycles. The molecule has 0 spiro atoms. The lowest BCUT2D eigenvalue weighted by Gasteiger charge is -2.21. The molecular weight excluding hydrogens is 322 g/mol. The Balaban J connectivity index is 1.33. The van der Waals surface area contributed by atoms with Crippen LogP contribution in [0.2, 0.25) is 0 Å². The number of hydrogen-bond donors (Lipinski definition) is 3. The van der Waals surface area contributed by atoms with Crippen molar-refractivity contribution in [1.29, 1.82) is 0 Å². The van der Waals surface area contributed by atoms with E-state index in [1.54, 1.807) is 7.11 Å². The van der Waals surface area contributed by atoms with Crippen LogP contribution < -0.4 is 20.9 Å². The van der Waals surface area contributed by atoms with Crippen LogP contribution >= 0.6 is 12.2 Å². The van der Waals surface area contributed by atoms with Crippen molar-refractivity contribution in [2.24, 2.45) is 17.8 Å². The monoisotopic (exact) mass is 347 g/mol. The summed E-state index contributed by atoms with van der Waals surface area (Å²) in [5.41, 5.74) is 6.59. The molecule has 130 valence electrons. The van der Waals surface area contributed by atoms with E-state index in [0.717, 1.165) is 23.1 Å². The van der Waals surface area contributed by atoms with Crippen LogP contribution in [-0.4, -0.2) is 18.1 Å². The van der Waals surface area contributed by atoms with E-state index in [4.69, 9.17) is 17.0 Å². The van der Waals surface area contributed by atoms with E-state index in [1.165, 1.54) is 25.7 Å². The van der Waals surface area contributed by atoms with Crippen molar-refractivity contribution in [1.82, 2.24) is 16.2 Å². The van der Waals surface area contributed by atoms with E-state index in [1.807, 2.05) is 24.3 Å². The first-order chi connectivity index (χ1) is 11.6. The molecule has 0 aromatic heterocycles. The molecule has 0 radical (unpaired) electrons. The first-order valence-corrected chi connectivity index (χ1v) is 9.00. The lowest BCUT2D eigenvalue weighted by molar-refractivity contribution is -0.122. The summed E-state index contributed by atoms with van der Waals surface area (Å²) in [4.78, 5) is 12.0. The molecule has 2 fully saturated rings. The highest BCUT2D eigenvalue weighted by atomic mass is 32.1.